The summed E-state index contributed by atoms with van der Waals surface area (Å²) in [5, 5.41) is 20.0. The van der Waals surface area contributed by atoms with Crippen LogP contribution in [-0.4, -0.2) is 38.5 Å². The van der Waals surface area contributed by atoms with E-state index in [0.29, 0.717) is 0 Å². The molecule has 0 bridgehead atoms. The third-order valence-electron chi connectivity index (χ3n) is 3.29. The van der Waals surface area contributed by atoms with E-state index in [2.05, 4.69) is 0 Å². The Hall–Kier alpha value is -0.650. The topological polar surface area (TPSA) is 86.8 Å². The Morgan fingerprint density at radius 2 is 1.71 bits per heavy atom. The zero-order valence-corrected chi connectivity index (χ0v) is 8.98. The number of carboxylic acid groups (broad SMARTS) is 1. The molecule has 1 heterocycles. The van der Waals surface area contributed by atoms with Crippen molar-refractivity contribution in [2.75, 3.05) is 0 Å². The highest BCUT2D eigenvalue weighted by Crippen LogP contribution is 2.42. The Bertz CT molecular complexity index is 263. The first-order valence-corrected chi connectivity index (χ1v) is 4.61. The molecule has 82 valence electrons. The van der Waals surface area contributed by atoms with E-state index in [-0.39, 0.29) is 0 Å². The normalized spacial score (nSPS) is 35.9. The molecule has 1 saturated heterocycles. The SMILES string of the molecule is CC1(C)[C@H](N)[C@@H](C(=O)O)C(C)(C)N1O. The molecule has 5 heteroatoms. The Labute approximate surface area is 83.5 Å². The van der Waals surface area contributed by atoms with Crippen LogP contribution in [0.4, 0.5) is 0 Å². The summed E-state index contributed by atoms with van der Waals surface area (Å²) in [6.45, 7) is 6.84. The number of hydroxylamine groups is 2. The molecule has 14 heavy (non-hydrogen) atoms. The molecule has 0 radical (unpaired) electrons. The predicted octanol–water partition coefficient (Wildman–Crippen LogP) is 0.277. The van der Waals surface area contributed by atoms with Crippen LogP contribution in [0.1, 0.15) is 27.7 Å². The average molecular weight is 202 g/mol. The second kappa shape index (κ2) is 2.92. The summed E-state index contributed by atoms with van der Waals surface area (Å²) >= 11 is 0. The number of hydrogen-bond donors (Lipinski definition) is 3. The van der Waals surface area contributed by atoms with Crippen LogP contribution in [-0.2, 0) is 4.79 Å². The van der Waals surface area contributed by atoms with E-state index in [0.717, 1.165) is 5.06 Å². The largest absolute Gasteiger partial charge is 0.481 e. The number of rotatable bonds is 1. The number of hydrogen-bond acceptors (Lipinski definition) is 4. The van der Waals surface area contributed by atoms with Gasteiger partial charge in [0.05, 0.1) is 17.0 Å². The van der Waals surface area contributed by atoms with Gasteiger partial charge in [-0.25, -0.2) is 0 Å². The van der Waals surface area contributed by atoms with Crippen molar-refractivity contribution < 1.29 is 15.1 Å². The second-order valence-corrected chi connectivity index (χ2v) is 4.96. The molecular weight excluding hydrogens is 184 g/mol. The molecule has 0 spiro atoms. The van der Waals surface area contributed by atoms with Crippen LogP contribution in [0.2, 0.25) is 0 Å². The molecule has 0 amide bonds. The van der Waals surface area contributed by atoms with Crippen molar-refractivity contribution in [2.45, 2.75) is 44.8 Å². The van der Waals surface area contributed by atoms with E-state index in [1.807, 2.05) is 0 Å². The van der Waals surface area contributed by atoms with Gasteiger partial charge >= 0.3 is 5.97 Å². The molecule has 1 fully saturated rings. The van der Waals surface area contributed by atoms with E-state index in [4.69, 9.17) is 10.8 Å². The Kier molecular flexibility index (Phi) is 2.38. The molecule has 0 unspecified atom stereocenters. The highest BCUT2D eigenvalue weighted by Gasteiger charge is 2.59. The molecule has 5 nitrogen and oxygen atoms in total. The second-order valence-electron chi connectivity index (χ2n) is 4.96. The van der Waals surface area contributed by atoms with Crippen LogP contribution in [0.15, 0.2) is 0 Å². The van der Waals surface area contributed by atoms with Crippen LogP contribution in [0.3, 0.4) is 0 Å². The Morgan fingerprint density at radius 3 is 1.86 bits per heavy atom. The molecule has 1 aliphatic heterocycles. The molecule has 0 aromatic rings. The maximum Gasteiger partial charge on any atom is 0.310 e. The maximum atomic E-state index is 11.0. The molecule has 0 aromatic heterocycles. The lowest BCUT2D eigenvalue weighted by atomic mass is 9.83. The van der Waals surface area contributed by atoms with Crippen LogP contribution in [0, 0.1) is 5.92 Å². The van der Waals surface area contributed by atoms with Crippen LogP contribution in [0.25, 0.3) is 0 Å². The van der Waals surface area contributed by atoms with Crippen LogP contribution >= 0.6 is 0 Å². The Balaban J connectivity index is 3.16. The fourth-order valence-electron chi connectivity index (χ4n) is 2.32. The van der Waals surface area contributed by atoms with Gasteiger partial charge in [-0.05, 0) is 27.7 Å². The van der Waals surface area contributed by atoms with Gasteiger partial charge in [0.25, 0.3) is 0 Å². The fraction of sp³-hybridized carbons (Fsp3) is 0.889. The van der Waals surface area contributed by atoms with E-state index < -0.39 is 29.0 Å². The van der Waals surface area contributed by atoms with Crippen molar-refractivity contribution >= 4 is 5.97 Å². The van der Waals surface area contributed by atoms with Crippen molar-refractivity contribution in [3.05, 3.63) is 0 Å². The summed E-state index contributed by atoms with van der Waals surface area (Å²) in [6, 6.07) is -0.583. The number of nitrogens with zero attached hydrogens (tertiary/aromatic N) is 1. The van der Waals surface area contributed by atoms with E-state index >= 15 is 0 Å². The Morgan fingerprint density at radius 1 is 1.29 bits per heavy atom. The minimum absolute atomic E-state index is 0.583. The average Bonchev–Trinajstić information content (AvgIpc) is 2.10. The van der Waals surface area contributed by atoms with Gasteiger partial charge in [0.2, 0.25) is 0 Å². The van der Waals surface area contributed by atoms with Gasteiger partial charge in [0, 0.05) is 6.04 Å². The molecule has 1 aliphatic rings. The molecule has 4 N–H and O–H groups in total. The third-order valence-corrected chi connectivity index (χ3v) is 3.29. The maximum absolute atomic E-state index is 11.0. The number of carboxylic acids is 1. The lowest BCUT2D eigenvalue weighted by Crippen LogP contribution is -2.50. The first-order valence-electron chi connectivity index (χ1n) is 4.61. The van der Waals surface area contributed by atoms with Gasteiger partial charge < -0.3 is 16.0 Å². The summed E-state index contributed by atoms with van der Waals surface area (Å²) in [6.07, 6.45) is 0. The zero-order chi connectivity index (χ0) is 11.3. The predicted molar refractivity (Wildman–Crippen MR) is 50.9 cm³/mol. The summed E-state index contributed by atoms with van der Waals surface area (Å²) in [5.74, 6) is -1.73. The summed E-state index contributed by atoms with van der Waals surface area (Å²) in [5.41, 5.74) is 4.29. The highest BCUT2D eigenvalue weighted by molar-refractivity contribution is 5.73. The van der Waals surface area contributed by atoms with Crippen molar-refractivity contribution in [2.24, 2.45) is 11.7 Å². The van der Waals surface area contributed by atoms with Gasteiger partial charge in [0.15, 0.2) is 0 Å². The molecule has 1 rings (SSSR count). The van der Waals surface area contributed by atoms with E-state index in [1.165, 1.54) is 0 Å². The number of nitrogens with two attached hydrogens (primary N) is 1. The first-order chi connectivity index (χ1) is 6.13. The first kappa shape index (κ1) is 11.4. The monoisotopic (exact) mass is 202 g/mol. The van der Waals surface area contributed by atoms with E-state index in [9.17, 15) is 10.0 Å². The molecule has 2 atom stereocenters. The van der Waals surface area contributed by atoms with Crippen molar-refractivity contribution in [3.63, 3.8) is 0 Å². The zero-order valence-electron chi connectivity index (χ0n) is 8.98. The van der Waals surface area contributed by atoms with Crippen molar-refractivity contribution in [1.82, 2.24) is 5.06 Å². The smallest absolute Gasteiger partial charge is 0.310 e. The van der Waals surface area contributed by atoms with Gasteiger partial charge in [-0.15, -0.1) is 0 Å². The quantitative estimate of drug-likeness (QED) is 0.568. The van der Waals surface area contributed by atoms with Crippen molar-refractivity contribution in [1.29, 1.82) is 0 Å². The lowest BCUT2D eigenvalue weighted by molar-refractivity contribution is -0.199. The molecule has 0 aromatic carbocycles. The molecule has 0 saturated carbocycles. The highest BCUT2D eigenvalue weighted by atomic mass is 16.5. The van der Waals surface area contributed by atoms with Crippen molar-refractivity contribution in [3.8, 4) is 0 Å². The van der Waals surface area contributed by atoms with Crippen LogP contribution in [0.5, 0.6) is 0 Å². The third kappa shape index (κ3) is 1.24. The van der Waals surface area contributed by atoms with Crippen LogP contribution < -0.4 is 5.73 Å². The van der Waals surface area contributed by atoms with Gasteiger partial charge in [-0.1, -0.05) is 0 Å². The number of carbonyl (C=O) groups is 1. The standard InChI is InChI=1S/C9H18N2O3/c1-8(2)5(7(12)13)6(10)9(3,4)11(8)14/h5-6,14H,10H2,1-4H3,(H,12,13)/t5-,6+/m0/s1. The van der Waals surface area contributed by atoms with Gasteiger partial charge in [0.1, 0.15) is 0 Å². The van der Waals surface area contributed by atoms with Gasteiger partial charge in [-0.2, -0.15) is 5.06 Å². The minimum atomic E-state index is -0.966. The fourth-order valence-corrected chi connectivity index (χ4v) is 2.32. The molecular formula is C9H18N2O3. The summed E-state index contributed by atoms with van der Waals surface area (Å²) in [4.78, 5) is 11.0. The van der Waals surface area contributed by atoms with E-state index in [1.54, 1.807) is 27.7 Å². The summed E-state index contributed by atoms with van der Waals surface area (Å²) in [7, 11) is 0. The lowest BCUT2D eigenvalue weighted by Gasteiger charge is -2.35. The summed E-state index contributed by atoms with van der Waals surface area (Å²) < 4.78 is 0. The van der Waals surface area contributed by atoms with Gasteiger partial charge in [-0.3, -0.25) is 4.79 Å². The minimum Gasteiger partial charge on any atom is -0.481 e. The molecule has 0 aliphatic carbocycles. The number of aliphatic carboxylic acids is 1.